The third-order valence-electron chi connectivity index (χ3n) is 1.03. The first-order chi connectivity index (χ1) is 3.72. The molecule has 0 spiro atoms. The predicted octanol–water partition coefficient (Wildman–Crippen LogP) is 3.08. The van der Waals surface area contributed by atoms with E-state index >= 15 is 0 Å². The largest absolute Gasteiger partial charge is 0.143 e. The molecule has 46 valence electrons. The smallest absolute Gasteiger partial charge is 0.0991 e. The van der Waals surface area contributed by atoms with Gasteiger partial charge in [0.2, 0.25) is 0 Å². The van der Waals surface area contributed by atoms with Gasteiger partial charge in [-0.2, -0.15) is 0 Å². The monoisotopic (exact) mass is 170 g/mol. The fourth-order valence-electron chi connectivity index (χ4n) is 0.456. The molecule has 0 N–H and O–H groups in total. The zero-order valence-electron chi connectivity index (χ0n) is 4.13. The summed E-state index contributed by atoms with van der Waals surface area (Å²) in [5, 5.41) is 0.633. The van der Waals surface area contributed by atoms with Crippen LogP contribution in [0.3, 0.4) is 0 Å². The van der Waals surface area contributed by atoms with Gasteiger partial charge in [0.05, 0.1) is 5.03 Å². The maximum absolute atomic E-state index is 5.63. The molecular formula is C5H5Cl3. The van der Waals surface area contributed by atoms with Gasteiger partial charge < -0.3 is 0 Å². The third kappa shape index (κ3) is 1.54. The number of halogens is 3. The third-order valence-corrected chi connectivity index (χ3v) is 2.17. The highest BCUT2D eigenvalue weighted by atomic mass is 35.5. The fourth-order valence-corrected chi connectivity index (χ4v) is 0.953. The minimum absolute atomic E-state index is 0.505. The Morgan fingerprint density at radius 1 is 1.38 bits per heavy atom. The molecule has 0 radical (unpaired) electrons. The van der Waals surface area contributed by atoms with E-state index in [0.717, 1.165) is 12.8 Å². The molecule has 0 aromatic heterocycles. The highest BCUT2D eigenvalue weighted by Crippen LogP contribution is 2.37. The minimum Gasteiger partial charge on any atom is -0.0991 e. The maximum Gasteiger partial charge on any atom is 0.143 e. The Labute approximate surface area is 63.4 Å². The van der Waals surface area contributed by atoms with Crippen molar-refractivity contribution in [1.29, 1.82) is 0 Å². The topological polar surface area (TPSA) is 0 Å². The molecule has 0 amide bonds. The number of rotatable bonds is 1. The zero-order valence-corrected chi connectivity index (χ0v) is 6.39. The van der Waals surface area contributed by atoms with Gasteiger partial charge in [-0.1, -0.05) is 40.4 Å². The number of hydrogen-bond acceptors (Lipinski definition) is 0. The summed E-state index contributed by atoms with van der Waals surface area (Å²) in [5.74, 6) is 0. The molecule has 0 aliphatic heterocycles. The van der Waals surface area contributed by atoms with Crippen LogP contribution >= 0.6 is 34.8 Å². The summed E-state index contributed by atoms with van der Waals surface area (Å²) in [6, 6.07) is 0. The van der Waals surface area contributed by atoms with Crippen LogP contribution in [0, 0.1) is 0 Å². The lowest BCUT2D eigenvalue weighted by Crippen LogP contribution is -1.83. The van der Waals surface area contributed by atoms with E-state index < -0.39 is 4.84 Å². The number of hydrogen-bond donors (Lipinski definition) is 0. The lowest BCUT2D eigenvalue weighted by Gasteiger charge is -1.93. The van der Waals surface area contributed by atoms with E-state index in [4.69, 9.17) is 34.8 Å². The molecule has 0 atom stereocenters. The van der Waals surface area contributed by atoms with Crippen molar-refractivity contribution >= 4 is 34.8 Å². The highest BCUT2D eigenvalue weighted by molar-refractivity contribution is 6.52. The van der Waals surface area contributed by atoms with Crippen LogP contribution in [0.25, 0.3) is 0 Å². The van der Waals surface area contributed by atoms with Crippen LogP contribution in [0.1, 0.15) is 12.8 Å². The summed E-state index contributed by atoms with van der Waals surface area (Å²) in [5.41, 5.74) is 1.21. The molecule has 1 saturated carbocycles. The van der Waals surface area contributed by atoms with Crippen molar-refractivity contribution in [2.75, 3.05) is 0 Å². The van der Waals surface area contributed by atoms with Gasteiger partial charge in [-0.05, 0) is 12.8 Å². The lowest BCUT2D eigenvalue weighted by atomic mass is 10.5. The molecule has 0 bridgehead atoms. The molecular weight excluding hydrogens is 166 g/mol. The van der Waals surface area contributed by atoms with Crippen LogP contribution < -0.4 is 0 Å². The van der Waals surface area contributed by atoms with Gasteiger partial charge in [-0.25, -0.2) is 0 Å². The Hall–Kier alpha value is 0.610. The first kappa shape index (κ1) is 6.73. The molecule has 1 fully saturated rings. The maximum atomic E-state index is 5.63. The zero-order chi connectivity index (χ0) is 6.15. The van der Waals surface area contributed by atoms with Gasteiger partial charge in [0.1, 0.15) is 4.84 Å². The number of allylic oxidation sites excluding steroid dienone is 2. The van der Waals surface area contributed by atoms with Crippen molar-refractivity contribution in [2.24, 2.45) is 0 Å². The van der Waals surface area contributed by atoms with Crippen LogP contribution in [0.15, 0.2) is 10.6 Å². The molecule has 0 aromatic rings. The molecule has 0 unspecified atom stereocenters. The Balaban J connectivity index is 2.56. The van der Waals surface area contributed by atoms with Crippen molar-refractivity contribution < 1.29 is 0 Å². The van der Waals surface area contributed by atoms with Crippen LogP contribution in [-0.4, -0.2) is 4.84 Å². The Kier molecular flexibility index (Phi) is 2.07. The molecule has 0 nitrogen and oxygen atoms in total. The molecule has 1 aliphatic rings. The predicted molar refractivity (Wildman–Crippen MR) is 37.6 cm³/mol. The summed E-state index contributed by atoms with van der Waals surface area (Å²) >= 11 is 16.5. The Morgan fingerprint density at radius 3 is 2.00 bits per heavy atom. The van der Waals surface area contributed by atoms with Gasteiger partial charge in [0.25, 0.3) is 0 Å². The minimum atomic E-state index is -0.505. The molecule has 1 rings (SSSR count). The highest BCUT2D eigenvalue weighted by Gasteiger charge is 2.19. The van der Waals surface area contributed by atoms with Crippen LogP contribution in [0.2, 0.25) is 0 Å². The van der Waals surface area contributed by atoms with E-state index in [1.807, 2.05) is 0 Å². The van der Waals surface area contributed by atoms with Gasteiger partial charge >= 0.3 is 0 Å². The quantitative estimate of drug-likeness (QED) is 0.532. The standard InChI is InChI=1S/C5H5Cl3/c6-4(5(7)8)3-1-2-3/h5H,1-2H2. The van der Waals surface area contributed by atoms with Crippen molar-refractivity contribution in [3.05, 3.63) is 10.6 Å². The van der Waals surface area contributed by atoms with Gasteiger partial charge in [-0.15, -0.1) is 0 Å². The molecule has 0 saturated heterocycles. The van der Waals surface area contributed by atoms with E-state index in [1.165, 1.54) is 5.57 Å². The van der Waals surface area contributed by atoms with E-state index in [1.54, 1.807) is 0 Å². The van der Waals surface area contributed by atoms with Crippen molar-refractivity contribution in [1.82, 2.24) is 0 Å². The summed E-state index contributed by atoms with van der Waals surface area (Å²) in [4.78, 5) is -0.505. The molecule has 1 aliphatic carbocycles. The number of alkyl halides is 2. The molecule has 8 heavy (non-hydrogen) atoms. The van der Waals surface area contributed by atoms with Gasteiger partial charge in [0, 0.05) is 0 Å². The second kappa shape index (κ2) is 2.47. The average molecular weight is 171 g/mol. The Bertz CT molecular complexity index is 120. The van der Waals surface area contributed by atoms with E-state index in [9.17, 15) is 0 Å². The van der Waals surface area contributed by atoms with Gasteiger partial charge in [-0.3, -0.25) is 0 Å². The molecule has 3 heteroatoms. The normalized spacial score (nSPS) is 17.2. The molecule has 0 aromatic carbocycles. The Morgan fingerprint density at radius 2 is 1.88 bits per heavy atom. The van der Waals surface area contributed by atoms with Crippen molar-refractivity contribution in [3.8, 4) is 0 Å². The van der Waals surface area contributed by atoms with Crippen LogP contribution in [0.4, 0.5) is 0 Å². The van der Waals surface area contributed by atoms with Crippen LogP contribution in [-0.2, 0) is 0 Å². The van der Waals surface area contributed by atoms with E-state index in [0.29, 0.717) is 5.03 Å². The van der Waals surface area contributed by atoms with Crippen molar-refractivity contribution in [3.63, 3.8) is 0 Å². The van der Waals surface area contributed by atoms with Gasteiger partial charge in [0.15, 0.2) is 0 Å². The van der Waals surface area contributed by atoms with E-state index in [2.05, 4.69) is 0 Å². The first-order valence-electron chi connectivity index (χ1n) is 2.37. The second-order valence-electron chi connectivity index (χ2n) is 1.75. The lowest BCUT2D eigenvalue weighted by molar-refractivity contribution is 1.50. The van der Waals surface area contributed by atoms with Crippen LogP contribution in [0.5, 0.6) is 0 Å². The summed E-state index contributed by atoms with van der Waals surface area (Å²) in [6.07, 6.45) is 2.16. The first-order valence-corrected chi connectivity index (χ1v) is 3.62. The summed E-state index contributed by atoms with van der Waals surface area (Å²) in [6.45, 7) is 0. The average Bonchev–Trinajstić information content (AvgIpc) is 2.43. The fraction of sp³-hybridized carbons (Fsp3) is 0.600. The molecule has 0 heterocycles. The SMILES string of the molecule is ClC(=C1CC1)C(Cl)Cl. The van der Waals surface area contributed by atoms with E-state index in [-0.39, 0.29) is 0 Å². The second-order valence-corrected chi connectivity index (χ2v) is 3.26. The summed E-state index contributed by atoms with van der Waals surface area (Å²) < 4.78 is 0. The summed E-state index contributed by atoms with van der Waals surface area (Å²) in [7, 11) is 0. The van der Waals surface area contributed by atoms with Crippen molar-refractivity contribution in [2.45, 2.75) is 17.7 Å².